The number of hydrogen-bond donors (Lipinski definition) is 1. The number of rotatable bonds is 4. The predicted molar refractivity (Wildman–Crippen MR) is 66.4 cm³/mol. The van der Waals surface area contributed by atoms with Crippen LogP contribution in [0.2, 0.25) is 0 Å². The molecule has 0 saturated carbocycles. The molecule has 3 atom stereocenters. The molecule has 1 heterocycles. The zero-order chi connectivity index (χ0) is 13.1. The van der Waals surface area contributed by atoms with Crippen molar-refractivity contribution in [3.05, 3.63) is 35.4 Å². The fourth-order valence-electron chi connectivity index (χ4n) is 2.68. The molecular weight excluding hydrogens is 236 g/mol. The lowest BCUT2D eigenvalue weighted by Crippen LogP contribution is -2.39. The lowest BCUT2D eigenvalue weighted by molar-refractivity contribution is 0.0962. The summed E-state index contributed by atoms with van der Waals surface area (Å²) in [4.78, 5) is 0. The van der Waals surface area contributed by atoms with Crippen LogP contribution in [0.25, 0.3) is 0 Å². The van der Waals surface area contributed by atoms with Crippen LogP contribution in [0, 0.1) is 17.6 Å². The van der Waals surface area contributed by atoms with Crippen molar-refractivity contribution >= 4 is 0 Å². The number of halogens is 2. The molecule has 1 fully saturated rings. The summed E-state index contributed by atoms with van der Waals surface area (Å²) in [5, 5.41) is 3.20. The topological polar surface area (TPSA) is 21.3 Å². The Hall–Kier alpha value is -1.00. The van der Waals surface area contributed by atoms with Gasteiger partial charge in [0.05, 0.1) is 6.10 Å². The molecule has 18 heavy (non-hydrogen) atoms. The van der Waals surface area contributed by atoms with E-state index in [0.717, 1.165) is 19.1 Å². The second-order valence-corrected chi connectivity index (χ2v) is 4.86. The zero-order valence-corrected chi connectivity index (χ0v) is 10.7. The molecule has 2 nitrogen and oxygen atoms in total. The van der Waals surface area contributed by atoms with Gasteiger partial charge in [-0.05, 0) is 50.6 Å². The molecule has 1 aromatic rings. The Bertz CT molecular complexity index is 411. The van der Waals surface area contributed by atoms with E-state index in [4.69, 9.17) is 4.74 Å². The Kier molecular flexibility index (Phi) is 4.30. The Labute approximate surface area is 106 Å². The van der Waals surface area contributed by atoms with Crippen molar-refractivity contribution in [3.63, 3.8) is 0 Å². The monoisotopic (exact) mass is 255 g/mol. The average molecular weight is 255 g/mol. The maximum Gasteiger partial charge on any atom is 0.126 e. The van der Waals surface area contributed by atoms with Gasteiger partial charge in [0.1, 0.15) is 11.6 Å². The third-order valence-corrected chi connectivity index (χ3v) is 3.77. The van der Waals surface area contributed by atoms with Crippen LogP contribution in [0.5, 0.6) is 0 Å². The largest absolute Gasteiger partial charge is 0.378 e. The van der Waals surface area contributed by atoms with Crippen LogP contribution in [-0.4, -0.2) is 25.8 Å². The SMILES string of the molecule is CNC(Cc1cc(F)ccc1F)C1CCOC1C. The molecule has 0 radical (unpaired) electrons. The molecule has 2 rings (SSSR count). The van der Waals surface area contributed by atoms with Gasteiger partial charge in [-0.3, -0.25) is 0 Å². The third-order valence-electron chi connectivity index (χ3n) is 3.77. The fourth-order valence-corrected chi connectivity index (χ4v) is 2.68. The first-order chi connectivity index (χ1) is 8.61. The van der Waals surface area contributed by atoms with Gasteiger partial charge in [-0.15, -0.1) is 0 Å². The molecule has 0 spiro atoms. The molecule has 0 aliphatic carbocycles. The van der Waals surface area contributed by atoms with Crippen molar-refractivity contribution in [2.45, 2.75) is 31.9 Å². The van der Waals surface area contributed by atoms with Gasteiger partial charge in [-0.2, -0.15) is 0 Å². The Morgan fingerprint density at radius 2 is 2.22 bits per heavy atom. The van der Waals surface area contributed by atoms with Crippen molar-refractivity contribution in [2.24, 2.45) is 5.92 Å². The number of likely N-dealkylation sites (N-methyl/N-ethyl adjacent to an activating group) is 1. The van der Waals surface area contributed by atoms with E-state index in [-0.39, 0.29) is 18.0 Å². The second-order valence-electron chi connectivity index (χ2n) is 4.86. The van der Waals surface area contributed by atoms with Gasteiger partial charge >= 0.3 is 0 Å². The highest BCUT2D eigenvalue weighted by Gasteiger charge is 2.31. The van der Waals surface area contributed by atoms with E-state index in [1.165, 1.54) is 12.1 Å². The Balaban J connectivity index is 2.12. The Morgan fingerprint density at radius 1 is 1.44 bits per heavy atom. The van der Waals surface area contributed by atoms with E-state index in [9.17, 15) is 8.78 Å². The maximum atomic E-state index is 13.6. The minimum Gasteiger partial charge on any atom is -0.378 e. The minimum atomic E-state index is -0.392. The van der Waals surface area contributed by atoms with E-state index in [0.29, 0.717) is 17.9 Å². The molecule has 1 N–H and O–H groups in total. The van der Waals surface area contributed by atoms with Crippen LogP contribution in [0.1, 0.15) is 18.9 Å². The van der Waals surface area contributed by atoms with E-state index in [2.05, 4.69) is 5.32 Å². The molecule has 1 aliphatic rings. The summed E-state index contributed by atoms with van der Waals surface area (Å²) in [5.74, 6) is -0.391. The van der Waals surface area contributed by atoms with Gasteiger partial charge in [-0.1, -0.05) is 0 Å². The minimum absolute atomic E-state index is 0.110. The van der Waals surface area contributed by atoms with Crippen molar-refractivity contribution in [3.8, 4) is 0 Å². The van der Waals surface area contributed by atoms with Crippen LogP contribution in [0.15, 0.2) is 18.2 Å². The number of hydrogen-bond acceptors (Lipinski definition) is 2. The van der Waals surface area contributed by atoms with Crippen LogP contribution in [-0.2, 0) is 11.2 Å². The first kappa shape index (κ1) is 13.4. The summed E-state index contributed by atoms with van der Waals surface area (Å²) in [6.45, 7) is 2.78. The Morgan fingerprint density at radius 3 is 2.83 bits per heavy atom. The predicted octanol–water partition coefficient (Wildman–Crippen LogP) is 2.52. The summed E-state index contributed by atoms with van der Waals surface area (Å²) in [7, 11) is 1.85. The first-order valence-corrected chi connectivity index (χ1v) is 6.34. The molecule has 4 heteroatoms. The van der Waals surface area contributed by atoms with Gasteiger partial charge in [0, 0.05) is 18.6 Å². The molecule has 1 aliphatic heterocycles. The summed E-state index contributed by atoms with van der Waals surface area (Å²) >= 11 is 0. The van der Waals surface area contributed by atoms with Crippen molar-refractivity contribution < 1.29 is 13.5 Å². The molecular formula is C14H19F2NO. The van der Waals surface area contributed by atoms with Gasteiger partial charge in [-0.25, -0.2) is 8.78 Å². The normalized spacial score (nSPS) is 25.3. The number of nitrogens with one attached hydrogen (secondary N) is 1. The van der Waals surface area contributed by atoms with E-state index in [1.807, 2.05) is 14.0 Å². The van der Waals surface area contributed by atoms with E-state index >= 15 is 0 Å². The van der Waals surface area contributed by atoms with E-state index < -0.39 is 5.82 Å². The molecule has 0 bridgehead atoms. The third kappa shape index (κ3) is 2.87. The first-order valence-electron chi connectivity index (χ1n) is 6.34. The lowest BCUT2D eigenvalue weighted by Gasteiger charge is -2.25. The lowest BCUT2D eigenvalue weighted by atomic mass is 9.89. The highest BCUT2D eigenvalue weighted by Crippen LogP contribution is 2.26. The summed E-state index contributed by atoms with van der Waals surface area (Å²) in [6, 6.07) is 3.72. The maximum absolute atomic E-state index is 13.6. The number of benzene rings is 1. The highest BCUT2D eigenvalue weighted by atomic mass is 19.1. The smallest absolute Gasteiger partial charge is 0.126 e. The summed E-state index contributed by atoms with van der Waals surface area (Å²) in [6.07, 6.45) is 1.61. The molecule has 0 amide bonds. The van der Waals surface area contributed by atoms with Crippen LogP contribution in [0.4, 0.5) is 8.78 Å². The van der Waals surface area contributed by atoms with Crippen LogP contribution in [0.3, 0.4) is 0 Å². The van der Waals surface area contributed by atoms with Crippen LogP contribution >= 0.6 is 0 Å². The molecule has 3 unspecified atom stereocenters. The van der Waals surface area contributed by atoms with Crippen molar-refractivity contribution in [2.75, 3.05) is 13.7 Å². The summed E-state index contributed by atoms with van der Waals surface area (Å²) < 4.78 is 32.3. The van der Waals surface area contributed by atoms with Gasteiger partial charge < -0.3 is 10.1 Å². The quantitative estimate of drug-likeness (QED) is 0.892. The zero-order valence-electron chi connectivity index (χ0n) is 10.7. The highest BCUT2D eigenvalue weighted by molar-refractivity contribution is 5.20. The van der Waals surface area contributed by atoms with Crippen molar-refractivity contribution in [1.82, 2.24) is 5.32 Å². The molecule has 1 saturated heterocycles. The molecule has 100 valence electrons. The summed E-state index contributed by atoms with van der Waals surface area (Å²) in [5.41, 5.74) is 0.424. The fraction of sp³-hybridized carbons (Fsp3) is 0.571. The number of ether oxygens (including phenoxy) is 1. The molecule has 0 aromatic heterocycles. The standard InChI is InChI=1S/C14H19F2NO/c1-9-12(5-6-18-9)14(17-2)8-10-7-11(15)3-4-13(10)16/h3-4,7,9,12,14,17H,5-6,8H2,1-2H3. The molecule has 1 aromatic carbocycles. The van der Waals surface area contributed by atoms with Crippen LogP contribution < -0.4 is 5.32 Å². The average Bonchev–Trinajstić information content (AvgIpc) is 2.77. The van der Waals surface area contributed by atoms with Crippen molar-refractivity contribution in [1.29, 1.82) is 0 Å². The van der Waals surface area contributed by atoms with Gasteiger partial charge in [0.25, 0.3) is 0 Å². The second kappa shape index (κ2) is 5.76. The van der Waals surface area contributed by atoms with E-state index in [1.54, 1.807) is 0 Å². The van der Waals surface area contributed by atoms with Gasteiger partial charge in [0.2, 0.25) is 0 Å². The van der Waals surface area contributed by atoms with Gasteiger partial charge in [0.15, 0.2) is 0 Å².